The van der Waals surface area contributed by atoms with Crippen molar-refractivity contribution >= 4 is 11.7 Å². The van der Waals surface area contributed by atoms with Crippen LogP contribution in [0.25, 0.3) is 5.69 Å². The largest absolute Gasteiger partial charge is 0.495 e. The van der Waals surface area contributed by atoms with Gasteiger partial charge in [-0.1, -0.05) is 26.8 Å². The number of carbonyl (C=O) groups is 1. The third kappa shape index (κ3) is 2.93. The molecule has 6 heteroatoms. The van der Waals surface area contributed by atoms with E-state index in [-0.39, 0.29) is 22.4 Å². The fourth-order valence-corrected chi connectivity index (χ4v) is 2.45. The maximum Gasteiger partial charge on any atom is 0.357 e. The molecule has 0 radical (unpaired) electrons. The summed E-state index contributed by atoms with van der Waals surface area (Å²) in [5.41, 5.74) is 7.95. The van der Waals surface area contributed by atoms with Crippen molar-refractivity contribution in [3.8, 4) is 17.5 Å². The lowest BCUT2D eigenvalue weighted by atomic mass is 9.87. The quantitative estimate of drug-likeness (QED) is 0.875. The molecule has 0 atom stereocenters. The molecule has 1 aromatic heterocycles. The number of benzene rings is 1. The Balaban J connectivity index is 2.80. The fourth-order valence-electron chi connectivity index (χ4n) is 2.45. The zero-order valence-corrected chi connectivity index (χ0v) is 14.5. The molecule has 6 nitrogen and oxygen atoms in total. The molecular weight excluding hydrogens is 306 g/mol. The summed E-state index contributed by atoms with van der Waals surface area (Å²) in [6.45, 7) is 6.26. The summed E-state index contributed by atoms with van der Waals surface area (Å²) in [7, 11) is 2.82. The summed E-state index contributed by atoms with van der Waals surface area (Å²) in [6.07, 6.45) is 1.52. The minimum absolute atomic E-state index is 0.0903. The van der Waals surface area contributed by atoms with Crippen molar-refractivity contribution in [1.82, 2.24) is 4.57 Å². The van der Waals surface area contributed by atoms with Gasteiger partial charge in [0, 0.05) is 6.20 Å². The van der Waals surface area contributed by atoms with Gasteiger partial charge in [0.1, 0.15) is 11.8 Å². The highest BCUT2D eigenvalue weighted by molar-refractivity contribution is 5.96. The Labute approximate surface area is 141 Å². The topological polar surface area (TPSA) is 90.3 Å². The number of nitriles is 1. The SMILES string of the molecule is COC(=O)c1c(N)c(C#N)cn1-c1cc(C(C)(C)C)ccc1OC. The van der Waals surface area contributed by atoms with Crippen LogP contribution in [-0.4, -0.2) is 24.8 Å². The summed E-state index contributed by atoms with van der Waals surface area (Å²) in [4.78, 5) is 12.2. The van der Waals surface area contributed by atoms with Crippen LogP contribution in [0.1, 0.15) is 42.4 Å². The van der Waals surface area contributed by atoms with Gasteiger partial charge in [0.05, 0.1) is 31.2 Å². The van der Waals surface area contributed by atoms with Gasteiger partial charge < -0.3 is 19.8 Å². The summed E-state index contributed by atoms with van der Waals surface area (Å²) < 4.78 is 11.8. The monoisotopic (exact) mass is 327 g/mol. The molecule has 0 spiro atoms. The van der Waals surface area contributed by atoms with Crippen molar-refractivity contribution < 1.29 is 14.3 Å². The van der Waals surface area contributed by atoms with E-state index >= 15 is 0 Å². The number of carbonyl (C=O) groups excluding carboxylic acids is 1. The molecule has 0 saturated heterocycles. The first-order valence-corrected chi connectivity index (χ1v) is 7.42. The maximum atomic E-state index is 12.2. The Bertz CT molecular complexity index is 823. The molecule has 24 heavy (non-hydrogen) atoms. The molecule has 0 amide bonds. The molecule has 0 unspecified atom stereocenters. The second-order valence-electron chi connectivity index (χ2n) is 6.42. The van der Waals surface area contributed by atoms with Crippen LogP contribution in [0.2, 0.25) is 0 Å². The van der Waals surface area contributed by atoms with Gasteiger partial charge in [-0.15, -0.1) is 0 Å². The summed E-state index contributed by atoms with van der Waals surface area (Å²) >= 11 is 0. The Morgan fingerprint density at radius 2 is 1.96 bits per heavy atom. The zero-order valence-electron chi connectivity index (χ0n) is 14.5. The number of ether oxygens (including phenoxy) is 2. The number of nitrogens with two attached hydrogens (primary N) is 1. The van der Waals surface area contributed by atoms with Crippen molar-refractivity contribution in [1.29, 1.82) is 5.26 Å². The molecule has 0 aliphatic carbocycles. The highest BCUT2D eigenvalue weighted by Crippen LogP contribution is 2.33. The van der Waals surface area contributed by atoms with E-state index in [1.165, 1.54) is 13.3 Å². The predicted molar refractivity (Wildman–Crippen MR) is 91.5 cm³/mol. The van der Waals surface area contributed by atoms with Crippen LogP contribution in [0.5, 0.6) is 5.75 Å². The van der Waals surface area contributed by atoms with E-state index < -0.39 is 5.97 Å². The number of methoxy groups -OCH3 is 2. The normalized spacial score (nSPS) is 11.0. The lowest BCUT2D eigenvalue weighted by Gasteiger charge is -2.22. The summed E-state index contributed by atoms with van der Waals surface area (Å²) in [5.74, 6) is -0.0511. The fraction of sp³-hybridized carbons (Fsp3) is 0.333. The molecule has 1 aromatic carbocycles. The predicted octanol–water partition coefficient (Wildman–Crippen LogP) is 3.02. The molecule has 0 bridgehead atoms. The number of aromatic nitrogens is 1. The van der Waals surface area contributed by atoms with Crippen molar-refractivity contribution in [2.75, 3.05) is 20.0 Å². The van der Waals surface area contributed by atoms with Gasteiger partial charge >= 0.3 is 5.97 Å². The van der Waals surface area contributed by atoms with Crippen LogP contribution in [0.3, 0.4) is 0 Å². The van der Waals surface area contributed by atoms with Crippen LogP contribution >= 0.6 is 0 Å². The Hall–Kier alpha value is -2.94. The minimum Gasteiger partial charge on any atom is -0.495 e. The highest BCUT2D eigenvalue weighted by Gasteiger charge is 2.24. The molecule has 2 rings (SSSR count). The van der Waals surface area contributed by atoms with Gasteiger partial charge in [-0.25, -0.2) is 4.79 Å². The molecule has 2 aromatic rings. The first-order valence-electron chi connectivity index (χ1n) is 7.42. The van der Waals surface area contributed by atoms with Crippen LogP contribution in [-0.2, 0) is 10.2 Å². The standard InChI is InChI=1S/C18H21N3O3/c1-18(2,3)12-6-7-14(23-4)13(8-12)21-10-11(9-19)15(20)16(21)17(22)24-5/h6-8,10H,20H2,1-5H3. The number of rotatable bonds is 3. The second-order valence-corrected chi connectivity index (χ2v) is 6.42. The van der Waals surface area contributed by atoms with Gasteiger partial charge in [-0.05, 0) is 23.1 Å². The molecule has 0 saturated carbocycles. The van der Waals surface area contributed by atoms with Gasteiger partial charge in [0.15, 0.2) is 5.69 Å². The first kappa shape index (κ1) is 17.4. The van der Waals surface area contributed by atoms with Crippen LogP contribution in [0, 0.1) is 11.3 Å². The Morgan fingerprint density at radius 1 is 1.29 bits per heavy atom. The lowest BCUT2D eigenvalue weighted by molar-refractivity contribution is 0.0593. The summed E-state index contributed by atoms with van der Waals surface area (Å²) in [6, 6.07) is 7.72. The molecule has 0 fully saturated rings. The molecule has 126 valence electrons. The van der Waals surface area contributed by atoms with Crippen molar-refractivity contribution in [2.45, 2.75) is 26.2 Å². The third-order valence-corrected chi connectivity index (χ3v) is 3.85. The minimum atomic E-state index is -0.614. The van der Waals surface area contributed by atoms with E-state index in [9.17, 15) is 10.1 Å². The van der Waals surface area contributed by atoms with Gasteiger partial charge in [-0.3, -0.25) is 0 Å². The molecule has 0 aliphatic rings. The van der Waals surface area contributed by atoms with E-state index in [0.29, 0.717) is 11.4 Å². The van der Waals surface area contributed by atoms with Crippen molar-refractivity contribution in [2.24, 2.45) is 0 Å². The number of anilines is 1. The van der Waals surface area contributed by atoms with Gasteiger partial charge in [-0.2, -0.15) is 5.26 Å². The summed E-state index contributed by atoms with van der Waals surface area (Å²) in [5, 5.41) is 9.24. The van der Waals surface area contributed by atoms with E-state index in [1.54, 1.807) is 11.7 Å². The smallest absolute Gasteiger partial charge is 0.357 e. The molecule has 0 aliphatic heterocycles. The Morgan fingerprint density at radius 3 is 2.46 bits per heavy atom. The van der Waals surface area contributed by atoms with E-state index in [2.05, 4.69) is 20.8 Å². The number of nitrogen functional groups attached to an aromatic ring is 1. The number of hydrogen-bond acceptors (Lipinski definition) is 5. The zero-order chi connectivity index (χ0) is 18.1. The number of esters is 1. The van der Waals surface area contributed by atoms with Crippen LogP contribution in [0.4, 0.5) is 5.69 Å². The van der Waals surface area contributed by atoms with Gasteiger partial charge in [0.2, 0.25) is 0 Å². The van der Waals surface area contributed by atoms with Crippen molar-refractivity contribution in [3.05, 3.63) is 41.2 Å². The maximum absolute atomic E-state index is 12.2. The average molecular weight is 327 g/mol. The van der Waals surface area contributed by atoms with E-state index in [0.717, 1.165) is 5.56 Å². The molecule has 1 heterocycles. The average Bonchev–Trinajstić information content (AvgIpc) is 2.89. The van der Waals surface area contributed by atoms with Gasteiger partial charge in [0.25, 0.3) is 0 Å². The molecular formula is C18H21N3O3. The van der Waals surface area contributed by atoms with E-state index in [1.807, 2.05) is 24.3 Å². The van der Waals surface area contributed by atoms with Crippen molar-refractivity contribution in [3.63, 3.8) is 0 Å². The Kier molecular flexibility index (Phi) is 4.56. The van der Waals surface area contributed by atoms with Crippen LogP contribution in [0.15, 0.2) is 24.4 Å². The number of hydrogen-bond donors (Lipinski definition) is 1. The number of nitrogens with zero attached hydrogens (tertiary/aromatic N) is 2. The van der Waals surface area contributed by atoms with Crippen LogP contribution < -0.4 is 10.5 Å². The highest BCUT2D eigenvalue weighted by atomic mass is 16.5. The first-order chi connectivity index (χ1) is 11.2. The second kappa shape index (κ2) is 6.28. The lowest BCUT2D eigenvalue weighted by Crippen LogP contribution is -2.14. The third-order valence-electron chi connectivity index (χ3n) is 3.85. The molecule has 2 N–H and O–H groups in total. The van der Waals surface area contributed by atoms with E-state index in [4.69, 9.17) is 15.2 Å².